The van der Waals surface area contributed by atoms with Crippen LogP contribution < -0.4 is 0 Å². The van der Waals surface area contributed by atoms with Crippen LogP contribution in [0.15, 0.2) is 34.7 Å². The fourth-order valence-corrected chi connectivity index (χ4v) is 2.43. The van der Waals surface area contributed by atoms with E-state index in [1.165, 1.54) is 18.4 Å². The van der Waals surface area contributed by atoms with Gasteiger partial charge in [0.15, 0.2) is 0 Å². The van der Waals surface area contributed by atoms with Crippen molar-refractivity contribution >= 4 is 12.2 Å². The molecule has 3 rings (SSSR count). The zero-order valence-electron chi connectivity index (χ0n) is 9.43. The summed E-state index contributed by atoms with van der Waals surface area (Å²) in [5, 5.41) is 6.78. The van der Waals surface area contributed by atoms with Gasteiger partial charge in [0.25, 0.3) is 4.84 Å². The first-order chi connectivity index (χ1) is 8.33. The Morgan fingerprint density at radius 1 is 1.35 bits per heavy atom. The number of benzene rings is 1. The Labute approximate surface area is 105 Å². The number of aromatic nitrogens is 2. The van der Waals surface area contributed by atoms with Crippen molar-refractivity contribution in [1.82, 2.24) is 10.2 Å². The van der Waals surface area contributed by atoms with Crippen LogP contribution in [0.4, 0.5) is 0 Å². The van der Waals surface area contributed by atoms with Gasteiger partial charge in [-0.1, -0.05) is 30.3 Å². The molecule has 1 N–H and O–H groups in total. The number of aromatic amines is 1. The lowest BCUT2D eigenvalue weighted by Crippen LogP contribution is -2.05. The zero-order chi connectivity index (χ0) is 11.7. The van der Waals surface area contributed by atoms with E-state index in [2.05, 4.69) is 34.5 Å². The number of rotatable bonds is 4. The Hall–Kier alpha value is -1.42. The maximum Gasteiger partial charge on any atom is 0.284 e. The van der Waals surface area contributed by atoms with Gasteiger partial charge in [-0.15, -0.1) is 5.10 Å². The third-order valence-electron chi connectivity index (χ3n) is 3.30. The lowest BCUT2D eigenvalue weighted by atomic mass is 9.91. The zero-order valence-corrected chi connectivity index (χ0v) is 10.2. The second-order valence-electron chi connectivity index (χ2n) is 4.57. The highest BCUT2D eigenvalue weighted by molar-refractivity contribution is 7.71. The molecule has 1 aliphatic rings. The fourth-order valence-electron chi connectivity index (χ4n) is 2.29. The van der Waals surface area contributed by atoms with E-state index in [1.54, 1.807) is 0 Å². The van der Waals surface area contributed by atoms with Crippen molar-refractivity contribution < 1.29 is 4.42 Å². The Balaban J connectivity index is 1.84. The van der Waals surface area contributed by atoms with E-state index in [9.17, 15) is 0 Å². The molecule has 0 bridgehead atoms. The minimum absolute atomic E-state index is 0.364. The summed E-state index contributed by atoms with van der Waals surface area (Å²) in [6, 6.07) is 10.6. The van der Waals surface area contributed by atoms with Gasteiger partial charge in [-0.3, -0.25) is 0 Å². The normalized spacial score (nSPS) is 16.9. The highest BCUT2D eigenvalue weighted by Crippen LogP contribution is 2.44. The average Bonchev–Trinajstić information content (AvgIpc) is 3.11. The van der Waals surface area contributed by atoms with Crippen LogP contribution in [-0.2, 0) is 6.42 Å². The highest BCUT2D eigenvalue weighted by atomic mass is 32.1. The van der Waals surface area contributed by atoms with Crippen molar-refractivity contribution in [2.75, 3.05) is 0 Å². The standard InChI is InChI=1S/C13H14N2OS/c17-13-15-14-12(16-13)8-11(10-6-7-10)9-4-2-1-3-5-9/h1-5,10-11H,6-8H2,(H,15,17). The van der Waals surface area contributed by atoms with Gasteiger partial charge in [0.2, 0.25) is 5.89 Å². The first-order valence-electron chi connectivity index (χ1n) is 5.92. The Morgan fingerprint density at radius 2 is 2.12 bits per heavy atom. The van der Waals surface area contributed by atoms with Crippen LogP contribution in [0.25, 0.3) is 0 Å². The lowest BCUT2D eigenvalue weighted by Gasteiger charge is -2.14. The van der Waals surface area contributed by atoms with Gasteiger partial charge in [0.1, 0.15) is 0 Å². The van der Waals surface area contributed by atoms with Crippen molar-refractivity contribution in [3.05, 3.63) is 46.6 Å². The summed E-state index contributed by atoms with van der Waals surface area (Å²) in [6.45, 7) is 0. The maximum absolute atomic E-state index is 5.36. The van der Waals surface area contributed by atoms with Crippen molar-refractivity contribution in [1.29, 1.82) is 0 Å². The minimum atomic E-state index is 0.364. The van der Waals surface area contributed by atoms with Crippen LogP contribution in [0.3, 0.4) is 0 Å². The van der Waals surface area contributed by atoms with E-state index in [0.29, 0.717) is 10.8 Å². The highest BCUT2D eigenvalue weighted by Gasteiger charge is 2.33. The molecule has 1 aliphatic carbocycles. The molecule has 0 saturated heterocycles. The van der Waals surface area contributed by atoms with Crippen molar-refractivity contribution in [2.24, 2.45) is 5.92 Å². The molecule has 4 heteroatoms. The monoisotopic (exact) mass is 246 g/mol. The smallest absolute Gasteiger partial charge is 0.284 e. The molecule has 1 fully saturated rings. The van der Waals surface area contributed by atoms with E-state index in [1.807, 2.05) is 6.07 Å². The van der Waals surface area contributed by atoms with Gasteiger partial charge in [-0.2, -0.15) is 0 Å². The van der Waals surface area contributed by atoms with Gasteiger partial charge >= 0.3 is 0 Å². The number of hydrogen-bond donors (Lipinski definition) is 1. The molecule has 1 unspecified atom stereocenters. The van der Waals surface area contributed by atoms with E-state index >= 15 is 0 Å². The summed E-state index contributed by atoms with van der Waals surface area (Å²) in [4.78, 5) is 0.364. The van der Waals surface area contributed by atoms with Gasteiger partial charge in [0.05, 0.1) is 0 Å². The van der Waals surface area contributed by atoms with Gasteiger partial charge < -0.3 is 4.42 Å². The van der Waals surface area contributed by atoms with Crippen LogP contribution >= 0.6 is 12.2 Å². The second-order valence-corrected chi connectivity index (χ2v) is 4.94. The van der Waals surface area contributed by atoms with Crippen LogP contribution in [-0.4, -0.2) is 10.2 Å². The number of nitrogens with zero attached hydrogens (tertiary/aromatic N) is 1. The summed E-state index contributed by atoms with van der Waals surface area (Å²) in [5.41, 5.74) is 1.37. The molecule has 3 nitrogen and oxygen atoms in total. The number of H-pyrrole nitrogens is 1. The molecule has 1 aromatic heterocycles. The van der Waals surface area contributed by atoms with Crippen molar-refractivity contribution in [2.45, 2.75) is 25.2 Å². The molecule has 2 aromatic rings. The van der Waals surface area contributed by atoms with Crippen LogP contribution in [0.5, 0.6) is 0 Å². The largest absolute Gasteiger partial charge is 0.414 e. The quantitative estimate of drug-likeness (QED) is 0.840. The Morgan fingerprint density at radius 3 is 2.71 bits per heavy atom. The summed E-state index contributed by atoms with van der Waals surface area (Å²) in [5.74, 6) is 2.01. The summed E-state index contributed by atoms with van der Waals surface area (Å²) in [6.07, 6.45) is 3.46. The van der Waals surface area contributed by atoms with Crippen molar-refractivity contribution in [3.63, 3.8) is 0 Å². The third kappa shape index (κ3) is 2.47. The molecular weight excluding hydrogens is 232 g/mol. The Bertz CT molecular complexity index is 542. The maximum atomic E-state index is 5.36. The fraction of sp³-hybridized carbons (Fsp3) is 0.385. The summed E-state index contributed by atoms with van der Waals surface area (Å²) >= 11 is 4.90. The topological polar surface area (TPSA) is 41.8 Å². The van der Waals surface area contributed by atoms with E-state index in [4.69, 9.17) is 16.6 Å². The van der Waals surface area contributed by atoms with Crippen LogP contribution in [0, 0.1) is 10.8 Å². The molecule has 1 aromatic carbocycles. The molecule has 1 heterocycles. The van der Waals surface area contributed by atoms with E-state index in [0.717, 1.165) is 18.2 Å². The first-order valence-corrected chi connectivity index (χ1v) is 6.33. The van der Waals surface area contributed by atoms with Gasteiger partial charge in [-0.05, 0) is 42.5 Å². The second kappa shape index (κ2) is 4.45. The van der Waals surface area contributed by atoms with E-state index in [-0.39, 0.29) is 0 Å². The molecule has 0 spiro atoms. The molecular formula is C13H14N2OS. The molecule has 0 aliphatic heterocycles. The molecule has 17 heavy (non-hydrogen) atoms. The van der Waals surface area contributed by atoms with E-state index < -0.39 is 0 Å². The minimum Gasteiger partial charge on any atom is -0.414 e. The predicted octanol–water partition coefficient (Wildman–Crippen LogP) is 3.47. The summed E-state index contributed by atoms with van der Waals surface area (Å²) in [7, 11) is 0. The summed E-state index contributed by atoms with van der Waals surface area (Å²) < 4.78 is 5.36. The van der Waals surface area contributed by atoms with Crippen LogP contribution in [0.2, 0.25) is 0 Å². The molecule has 1 atom stereocenters. The molecule has 1 saturated carbocycles. The van der Waals surface area contributed by atoms with Crippen molar-refractivity contribution in [3.8, 4) is 0 Å². The Kier molecular flexibility index (Phi) is 2.81. The lowest BCUT2D eigenvalue weighted by molar-refractivity contribution is 0.446. The molecule has 88 valence electrons. The third-order valence-corrected chi connectivity index (χ3v) is 3.47. The van der Waals surface area contributed by atoms with Crippen LogP contribution in [0.1, 0.15) is 30.2 Å². The van der Waals surface area contributed by atoms with Gasteiger partial charge in [-0.25, -0.2) is 5.10 Å². The average molecular weight is 246 g/mol. The number of hydrogen-bond acceptors (Lipinski definition) is 3. The molecule has 0 amide bonds. The number of nitrogens with one attached hydrogen (secondary N) is 1. The van der Waals surface area contributed by atoms with Gasteiger partial charge in [0, 0.05) is 6.42 Å². The predicted molar refractivity (Wildman–Crippen MR) is 67.3 cm³/mol. The SMILES string of the molecule is S=c1[nH]nc(CC(c2ccccc2)C2CC2)o1. The first kappa shape index (κ1) is 10.7. The molecule has 0 radical (unpaired) electrons.